The molecular formula is C8H5BCl2O2S. The molecule has 14 heavy (non-hydrogen) atoms. The minimum Gasteiger partial charge on any atom is -0.423 e. The Labute approximate surface area is 94.8 Å². The number of halogens is 2. The minimum atomic E-state index is -1.60. The lowest BCUT2D eigenvalue weighted by Gasteiger charge is -2.04. The Morgan fingerprint density at radius 2 is 1.86 bits per heavy atom. The molecule has 0 atom stereocenters. The number of benzene rings is 1. The zero-order valence-corrected chi connectivity index (χ0v) is 9.20. The molecule has 0 fully saturated rings. The lowest BCUT2D eigenvalue weighted by atomic mass is 9.78. The maximum atomic E-state index is 9.16. The molecule has 1 heterocycles. The van der Waals surface area contributed by atoms with E-state index in [9.17, 15) is 0 Å². The number of hydrogen-bond donors (Lipinski definition) is 2. The average Bonchev–Trinajstić information content (AvgIpc) is 2.47. The number of fused-ring (bicyclic) bond motifs is 1. The summed E-state index contributed by atoms with van der Waals surface area (Å²) in [6.07, 6.45) is 0. The van der Waals surface area contributed by atoms with Crippen molar-refractivity contribution in [1.29, 1.82) is 0 Å². The van der Waals surface area contributed by atoms with E-state index in [0.29, 0.717) is 15.4 Å². The summed E-state index contributed by atoms with van der Waals surface area (Å²) in [5.74, 6) is 0. The van der Waals surface area contributed by atoms with Gasteiger partial charge in [0, 0.05) is 26.0 Å². The second-order valence-electron chi connectivity index (χ2n) is 2.79. The van der Waals surface area contributed by atoms with Crippen LogP contribution in [0.4, 0.5) is 0 Å². The van der Waals surface area contributed by atoms with E-state index in [2.05, 4.69) is 0 Å². The van der Waals surface area contributed by atoms with Gasteiger partial charge in [0.15, 0.2) is 0 Å². The van der Waals surface area contributed by atoms with Crippen LogP contribution >= 0.6 is 34.5 Å². The molecule has 1 aromatic carbocycles. The van der Waals surface area contributed by atoms with Crippen molar-refractivity contribution in [1.82, 2.24) is 0 Å². The van der Waals surface area contributed by atoms with Crippen molar-refractivity contribution in [3.63, 3.8) is 0 Å². The van der Waals surface area contributed by atoms with E-state index in [4.69, 9.17) is 33.2 Å². The van der Waals surface area contributed by atoms with E-state index in [-0.39, 0.29) is 5.46 Å². The molecule has 0 amide bonds. The van der Waals surface area contributed by atoms with Crippen LogP contribution in [0, 0.1) is 0 Å². The highest BCUT2D eigenvalue weighted by molar-refractivity contribution is 7.18. The molecule has 2 rings (SSSR count). The summed E-state index contributed by atoms with van der Waals surface area (Å²) in [5.41, 5.74) is 0.274. The summed E-state index contributed by atoms with van der Waals surface area (Å²) in [7, 11) is -1.60. The molecular weight excluding hydrogens is 242 g/mol. The maximum Gasteiger partial charge on any atom is 0.490 e. The van der Waals surface area contributed by atoms with Crippen molar-refractivity contribution in [3.05, 3.63) is 27.6 Å². The SMILES string of the molecule is OB(O)c1c(Cl)ccc2scc(Cl)c12. The van der Waals surface area contributed by atoms with Crippen LogP contribution < -0.4 is 5.46 Å². The Bertz CT molecular complexity index is 483. The average molecular weight is 247 g/mol. The quantitative estimate of drug-likeness (QED) is 0.755. The van der Waals surface area contributed by atoms with Crippen LogP contribution in [0.25, 0.3) is 10.1 Å². The van der Waals surface area contributed by atoms with Crippen molar-refractivity contribution < 1.29 is 10.0 Å². The number of rotatable bonds is 1. The van der Waals surface area contributed by atoms with Crippen LogP contribution in [0.15, 0.2) is 17.5 Å². The molecule has 6 heteroatoms. The van der Waals surface area contributed by atoms with Crippen LogP contribution in [0.5, 0.6) is 0 Å². The summed E-state index contributed by atoms with van der Waals surface area (Å²) in [6.45, 7) is 0. The molecule has 2 aromatic rings. The molecule has 0 saturated carbocycles. The van der Waals surface area contributed by atoms with Gasteiger partial charge < -0.3 is 10.0 Å². The monoisotopic (exact) mass is 246 g/mol. The van der Waals surface area contributed by atoms with Crippen molar-refractivity contribution in [2.24, 2.45) is 0 Å². The van der Waals surface area contributed by atoms with Gasteiger partial charge in [0.2, 0.25) is 0 Å². The lowest BCUT2D eigenvalue weighted by Crippen LogP contribution is -2.31. The molecule has 0 aliphatic heterocycles. The van der Waals surface area contributed by atoms with Crippen LogP contribution in [-0.4, -0.2) is 17.2 Å². The molecule has 0 spiro atoms. The number of thiophene rings is 1. The maximum absolute atomic E-state index is 9.16. The largest absolute Gasteiger partial charge is 0.490 e. The fraction of sp³-hybridized carbons (Fsp3) is 0. The van der Waals surface area contributed by atoms with Crippen molar-refractivity contribution in [2.45, 2.75) is 0 Å². The van der Waals surface area contributed by atoms with Gasteiger partial charge in [-0.05, 0) is 12.1 Å². The molecule has 0 aliphatic rings. The van der Waals surface area contributed by atoms with E-state index < -0.39 is 7.12 Å². The van der Waals surface area contributed by atoms with Crippen molar-refractivity contribution in [3.8, 4) is 0 Å². The molecule has 2 N–H and O–H groups in total. The molecule has 0 saturated heterocycles. The summed E-state index contributed by atoms with van der Waals surface area (Å²) in [4.78, 5) is 0. The first-order valence-corrected chi connectivity index (χ1v) is 5.46. The van der Waals surface area contributed by atoms with Gasteiger partial charge in [0.05, 0.1) is 5.02 Å². The van der Waals surface area contributed by atoms with Gasteiger partial charge in [-0.1, -0.05) is 23.2 Å². The van der Waals surface area contributed by atoms with E-state index in [1.165, 1.54) is 11.3 Å². The third-order valence-corrected chi connectivity index (χ3v) is 3.65. The van der Waals surface area contributed by atoms with E-state index in [1.54, 1.807) is 17.5 Å². The lowest BCUT2D eigenvalue weighted by molar-refractivity contribution is 0.426. The highest BCUT2D eigenvalue weighted by atomic mass is 35.5. The van der Waals surface area contributed by atoms with Gasteiger partial charge in [0.25, 0.3) is 0 Å². The fourth-order valence-corrected chi connectivity index (χ4v) is 2.83. The van der Waals surface area contributed by atoms with Gasteiger partial charge in [-0.25, -0.2) is 0 Å². The first kappa shape index (κ1) is 10.3. The zero-order valence-electron chi connectivity index (χ0n) is 6.87. The molecule has 0 radical (unpaired) electrons. The Morgan fingerprint density at radius 3 is 2.50 bits per heavy atom. The second kappa shape index (κ2) is 3.72. The minimum absolute atomic E-state index is 0.274. The first-order valence-electron chi connectivity index (χ1n) is 3.82. The van der Waals surface area contributed by atoms with Gasteiger partial charge in [-0.2, -0.15) is 0 Å². The normalized spacial score (nSPS) is 10.9. The van der Waals surface area contributed by atoms with E-state index >= 15 is 0 Å². The third kappa shape index (κ3) is 1.53. The predicted octanol–water partition coefficient (Wildman–Crippen LogP) is 1.89. The predicted molar refractivity (Wildman–Crippen MR) is 61.7 cm³/mol. The van der Waals surface area contributed by atoms with Crippen LogP contribution in [-0.2, 0) is 0 Å². The molecule has 0 aliphatic carbocycles. The van der Waals surface area contributed by atoms with Crippen LogP contribution in [0.2, 0.25) is 10.0 Å². The standard InChI is InChI=1S/C8H5BCl2O2S/c10-4-1-2-6-7(5(11)3-14-6)8(4)9(12)13/h1-3,12-13H. The second-order valence-corrected chi connectivity index (χ2v) is 4.52. The van der Waals surface area contributed by atoms with Gasteiger partial charge in [0.1, 0.15) is 0 Å². The summed E-state index contributed by atoms with van der Waals surface area (Å²) < 4.78 is 0.891. The Hall–Kier alpha value is -0.255. The van der Waals surface area contributed by atoms with Gasteiger partial charge in [-0.15, -0.1) is 11.3 Å². The van der Waals surface area contributed by atoms with Crippen molar-refractivity contribution in [2.75, 3.05) is 0 Å². The van der Waals surface area contributed by atoms with Crippen molar-refractivity contribution >= 4 is 57.2 Å². The molecule has 72 valence electrons. The molecule has 1 aromatic heterocycles. The van der Waals surface area contributed by atoms with Crippen LogP contribution in [0.3, 0.4) is 0 Å². The highest BCUT2D eigenvalue weighted by Gasteiger charge is 2.21. The van der Waals surface area contributed by atoms with Gasteiger partial charge >= 0.3 is 7.12 Å². The topological polar surface area (TPSA) is 40.5 Å². The fourth-order valence-electron chi connectivity index (χ4n) is 1.35. The Balaban J connectivity index is 2.87. The molecule has 2 nitrogen and oxygen atoms in total. The van der Waals surface area contributed by atoms with Crippen LogP contribution in [0.1, 0.15) is 0 Å². The first-order chi connectivity index (χ1) is 6.61. The third-order valence-electron chi connectivity index (χ3n) is 1.94. The smallest absolute Gasteiger partial charge is 0.423 e. The Morgan fingerprint density at radius 1 is 1.14 bits per heavy atom. The van der Waals surface area contributed by atoms with E-state index in [0.717, 1.165) is 4.70 Å². The number of hydrogen-bond acceptors (Lipinski definition) is 3. The summed E-state index contributed by atoms with van der Waals surface area (Å²) >= 11 is 13.2. The molecule has 0 unspecified atom stereocenters. The summed E-state index contributed by atoms with van der Waals surface area (Å²) in [6, 6.07) is 3.44. The Kier molecular flexibility index (Phi) is 2.73. The zero-order chi connectivity index (χ0) is 10.3. The van der Waals surface area contributed by atoms with Gasteiger partial charge in [-0.3, -0.25) is 0 Å². The summed E-state index contributed by atoms with van der Waals surface area (Å²) in [5, 5.41) is 21.5. The highest BCUT2D eigenvalue weighted by Crippen LogP contribution is 2.30. The molecule has 0 bridgehead atoms. The van der Waals surface area contributed by atoms with E-state index in [1.807, 2.05) is 0 Å².